The van der Waals surface area contributed by atoms with Gasteiger partial charge in [0.1, 0.15) is 12.4 Å². The predicted molar refractivity (Wildman–Crippen MR) is 154 cm³/mol. The maximum atomic E-state index is 10.1. The molecular formula is C33H37O2P. The zero-order chi connectivity index (χ0) is 25.4. The summed E-state index contributed by atoms with van der Waals surface area (Å²) in [6.45, 7) is 7.35. The lowest BCUT2D eigenvalue weighted by Gasteiger charge is -2.36. The van der Waals surface area contributed by atoms with Crippen molar-refractivity contribution in [1.82, 2.24) is 0 Å². The Kier molecular flexibility index (Phi) is 8.97. The summed E-state index contributed by atoms with van der Waals surface area (Å²) in [5.74, 6) is 1.01. The molecule has 0 amide bonds. The zero-order valence-electron chi connectivity index (χ0n) is 21.6. The second-order valence-electron chi connectivity index (χ2n) is 9.41. The van der Waals surface area contributed by atoms with Gasteiger partial charge in [-0.15, -0.1) is 0 Å². The molecule has 1 unspecified atom stereocenters. The lowest BCUT2D eigenvalue weighted by atomic mass is 9.89. The number of ether oxygens (including phenoxy) is 1. The standard InChI is InChI=1S/C33H37O2P/c1-4-33(5-2,36-32-25(3)14-12-20-29(32)23-34)30-21-13-19-28(22-26-15-8-6-9-16-26)31(30)35-24-27-17-10-7-11-18-27/h6-21,34,36H,4-5,22-24H2,1-3H3. The Labute approximate surface area is 218 Å². The van der Waals surface area contributed by atoms with Gasteiger partial charge in [-0.3, -0.25) is 0 Å². The van der Waals surface area contributed by atoms with Gasteiger partial charge in [0.25, 0.3) is 0 Å². The van der Waals surface area contributed by atoms with Gasteiger partial charge in [-0.2, -0.15) is 0 Å². The van der Waals surface area contributed by atoms with Crippen LogP contribution < -0.4 is 10.0 Å². The fourth-order valence-electron chi connectivity index (χ4n) is 4.97. The Bertz CT molecular complexity index is 1250. The number of benzene rings is 4. The highest BCUT2D eigenvalue weighted by Crippen LogP contribution is 2.51. The maximum absolute atomic E-state index is 10.1. The van der Waals surface area contributed by atoms with Crippen molar-refractivity contribution >= 4 is 13.9 Å². The van der Waals surface area contributed by atoms with Gasteiger partial charge in [-0.25, -0.2) is 0 Å². The molecule has 0 heterocycles. The second kappa shape index (κ2) is 12.3. The minimum Gasteiger partial charge on any atom is -0.488 e. The third-order valence-electron chi connectivity index (χ3n) is 7.18. The summed E-state index contributed by atoms with van der Waals surface area (Å²) in [5, 5.41) is 11.3. The van der Waals surface area contributed by atoms with E-state index in [1.54, 1.807) is 0 Å². The van der Waals surface area contributed by atoms with Gasteiger partial charge in [0.2, 0.25) is 0 Å². The molecule has 4 aromatic carbocycles. The first-order valence-electron chi connectivity index (χ1n) is 12.9. The van der Waals surface area contributed by atoms with E-state index in [0.29, 0.717) is 15.2 Å². The first-order chi connectivity index (χ1) is 17.6. The van der Waals surface area contributed by atoms with Gasteiger partial charge >= 0.3 is 0 Å². The van der Waals surface area contributed by atoms with Crippen molar-refractivity contribution in [3.8, 4) is 5.75 Å². The maximum Gasteiger partial charge on any atom is 0.127 e. The van der Waals surface area contributed by atoms with Crippen molar-refractivity contribution in [2.45, 2.75) is 58.4 Å². The van der Waals surface area contributed by atoms with E-state index >= 15 is 0 Å². The van der Waals surface area contributed by atoms with Crippen LogP contribution in [0.15, 0.2) is 97.1 Å². The molecule has 0 aliphatic carbocycles. The minimum absolute atomic E-state index is 0.0684. The average Bonchev–Trinajstić information content (AvgIpc) is 2.93. The van der Waals surface area contributed by atoms with Crippen LogP contribution >= 0.6 is 8.58 Å². The molecule has 2 nitrogen and oxygen atoms in total. The van der Waals surface area contributed by atoms with Crippen molar-refractivity contribution in [3.63, 3.8) is 0 Å². The average molecular weight is 497 g/mol. The van der Waals surface area contributed by atoms with Gasteiger partial charge < -0.3 is 9.84 Å². The van der Waals surface area contributed by atoms with E-state index in [1.165, 1.54) is 33.1 Å². The molecule has 4 aromatic rings. The van der Waals surface area contributed by atoms with Crippen LogP contribution in [0.1, 0.15) is 60.1 Å². The highest BCUT2D eigenvalue weighted by Gasteiger charge is 2.34. The normalized spacial score (nSPS) is 11.8. The topological polar surface area (TPSA) is 29.5 Å². The van der Waals surface area contributed by atoms with Crippen LogP contribution in [0, 0.1) is 6.92 Å². The van der Waals surface area contributed by atoms with Crippen molar-refractivity contribution in [2.75, 3.05) is 0 Å². The lowest BCUT2D eigenvalue weighted by molar-refractivity contribution is 0.283. The molecule has 0 aromatic heterocycles. The van der Waals surface area contributed by atoms with Crippen molar-refractivity contribution < 1.29 is 9.84 Å². The van der Waals surface area contributed by atoms with Crippen LogP contribution in [-0.4, -0.2) is 5.11 Å². The van der Waals surface area contributed by atoms with Gasteiger partial charge in [-0.1, -0.05) is 119 Å². The molecule has 1 atom stereocenters. The first kappa shape index (κ1) is 26.1. The van der Waals surface area contributed by atoms with Crippen molar-refractivity contribution in [2.24, 2.45) is 0 Å². The highest BCUT2D eigenvalue weighted by atomic mass is 31.1. The number of para-hydroxylation sites is 1. The summed E-state index contributed by atoms with van der Waals surface area (Å²) >= 11 is 0. The Morgan fingerprint density at radius 3 is 1.97 bits per heavy atom. The van der Waals surface area contributed by atoms with E-state index in [1.807, 2.05) is 12.1 Å². The van der Waals surface area contributed by atoms with Crippen LogP contribution in [0.25, 0.3) is 0 Å². The van der Waals surface area contributed by atoms with E-state index in [2.05, 4.69) is 106 Å². The first-order valence-corrected chi connectivity index (χ1v) is 13.9. The van der Waals surface area contributed by atoms with Crippen LogP contribution in [0.2, 0.25) is 0 Å². The van der Waals surface area contributed by atoms with E-state index in [4.69, 9.17) is 4.74 Å². The van der Waals surface area contributed by atoms with E-state index in [-0.39, 0.29) is 11.8 Å². The minimum atomic E-state index is -0.0747. The monoisotopic (exact) mass is 496 g/mol. The number of rotatable bonds is 11. The molecule has 0 fully saturated rings. The van der Waals surface area contributed by atoms with Crippen LogP contribution in [0.3, 0.4) is 0 Å². The molecule has 36 heavy (non-hydrogen) atoms. The fraction of sp³-hybridized carbons (Fsp3) is 0.273. The number of hydrogen-bond acceptors (Lipinski definition) is 2. The summed E-state index contributed by atoms with van der Waals surface area (Å²) < 4.78 is 6.72. The fourth-order valence-corrected chi connectivity index (χ4v) is 6.74. The molecule has 0 saturated carbocycles. The smallest absolute Gasteiger partial charge is 0.127 e. The molecule has 1 N–H and O–H groups in total. The number of aliphatic hydroxyl groups excluding tert-OH is 1. The molecule has 0 aliphatic rings. The predicted octanol–water partition coefficient (Wildman–Crippen LogP) is 7.68. The zero-order valence-corrected chi connectivity index (χ0v) is 22.6. The summed E-state index contributed by atoms with van der Waals surface area (Å²) in [6.07, 6.45) is 2.83. The third-order valence-corrected chi connectivity index (χ3v) is 9.60. The van der Waals surface area contributed by atoms with Gasteiger partial charge in [-0.05, 0) is 52.9 Å². The van der Waals surface area contributed by atoms with E-state index in [0.717, 1.165) is 30.6 Å². The largest absolute Gasteiger partial charge is 0.488 e. The molecule has 0 saturated heterocycles. The molecular weight excluding hydrogens is 459 g/mol. The molecule has 3 heteroatoms. The van der Waals surface area contributed by atoms with Crippen LogP contribution in [0.4, 0.5) is 0 Å². The molecule has 0 aliphatic heterocycles. The van der Waals surface area contributed by atoms with Crippen LogP contribution in [-0.2, 0) is 24.8 Å². The summed E-state index contributed by atoms with van der Waals surface area (Å²) in [4.78, 5) is 0. The number of hydrogen-bond donors (Lipinski definition) is 1. The van der Waals surface area contributed by atoms with Crippen molar-refractivity contribution in [1.29, 1.82) is 0 Å². The Morgan fingerprint density at radius 1 is 0.722 bits per heavy atom. The van der Waals surface area contributed by atoms with E-state index in [9.17, 15) is 5.11 Å². The molecule has 186 valence electrons. The Hall–Kier alpha value is -2.93. The molecule has 0 radical (unpaired) electrons. The SMILES string of the molecule is CCC(CC)(Pc1c(C)cccc1CO)c1cccc(Cc2ccccc2)c1OCc1ccccc1. The molecule has 4 rings (SSSR count). The number of aryl methyl sites for hydroxylation is 1. The van der Waals surface area contributed by atoms with E-state index < -0.39 is 0 Å². The summed E-state index contributed by atoms with van der Waals surface area (Å²) in [7, 11) is 0.539. The second-order valence-corrected chi connectivity index (χ2v) is 11.1. The Balaban J connectivity index is 1.81. The summed E-state index contributed by atoms with van der Waals surface area (Å²) in [6, 6.07) is 34.0. The quantitative estimate of drug-likeness (QED) is 0.216. The van der Waals surface area contributed by atoms with Crippen LogP contribution in [0.5, 0.6) is 5.75 Å². The number of aliphatic hydroxyl groups is 1. The summed E-state index contributed by atoms with van der Waals surface area (Å²) in [5.41, 5.74) is 7.23. The van der Waals surface area contributed by atoms with Gasteiger partial charge in [0.15, 0.2) is 0 Å². The lowest BCUT2D eigenvalue weighted by Crippen LogP contribution is -2.25. The molecule has 0 bridgehead atoms. The van der Waals surface area contributed by atoms with Gasteiger partial charge in [0, 0.05) is 17.1 Å². The van der Waals surface area contributed by atoms with Crippen molar-refractivity contribution in [3.05, 3.63) is 130 Å². The third kappa shape index (κ3) is 5.89. The highest BCUT2D eigenvalue weighted by molar-refractivity contribution is 7.48. The van der Waals surface area contributed by atoms with Gasteiger partial charge in [0.05, 0.1) is 6.61 Å². The molecule has 0 spiro atoms. The Morgan fingerprint density at radius 2 is 1.33 bits per heavy atom.